The van der Waals surface area contributed by atoms with Gasteiger partial charge in [0.2, 0.25) is 5.91 Å². The number of hydrogen-bond acceptors (Lipinski definition) is 3. The number of ether oxygens (including phenoxy) is 1. The van der Waals surface area contributed by atoms with Crippen LogP contribution in [0.4, 0.5) is 10.1 Å². The quantitative estimate of drug-likeness (QED) is 0.759. The number of nitrogens with one attached hydrogen (secondary N) is 2. The minimum Gasteiger partial charge on any atom is -0.496 e. The molecule has 0 heterocycles. The molecule has 0 spiro atoms. The lowest BCUT2D eigenvalue weighted by atomic mass is 10.2. The molecule has 0 aromatic heterocycles. The van der Waals surface area contributed by atoms with Crippen LogP contribution in [0, 0.1) is 5.82 Å². The van der Waals surface area contributed by atoms with Crippen molar-refractivity contribution in [3.05, 3.63) is 58.9 Å². The van der Waals surface area contributed by atoms with Gasteiger partial charge in [0.1, 0.15) is 11.6 Å². The number of carbonyl (C=O) groups excluding carboxylic acids is 1. The van der Waals surface area contributed by atoms with Crippen molar-refractivity contribution in [2.75, 3.05) is 19.0 Å². The van der Waals surface area contributed by atoms with Gasteiger partial charge in [-0.15, -0.1) is 0 Å². The Bertz CT molecular complexity index is 679. The standard InChI is InChI=1S/C17H18ClFN2O2/c1-23-16-5-3-2-4-12(16)11-20-9-8-17(22)21-13-6-7-15(19)14(18)10-13/h2-7,10,20H,8-9,11H2,1H3,(H,21,22). The third-order valence-electron chi connectivity index (χ3n) is 3.24. The van der Waals surface area contributed by atoms with Crippen molar-refractivity contribution < 1.29 is 13.9 Å². The highest BCUT2D eigenvalue weighted by Crippen LogP contribution is 2.19. The minimum absolute atomic E-state index is 0.0166. The van der Waals surface area contributed by atoms with Gasteiger partial charge in [0.15, 0.2) is 0 Å². The Labute approximate surface area is 139 Å². The average molecular weight is 337 g/mol. The first kappa shape index (κ1) is 17.2. The molecule has 0 saturated heterocycles. The van der Waals surface area contributed by atoms with E-state index in [2.05, 4.69) is 10.6 Å². The third-order valence-corrected chi connectivity index (χ3v) is 3.53. The summed E-state index contributed by atoms with van der Waals surface area (Å²) in [7, 11) is 1.63. The highest BCUT2D eigenvalue weighted by atomic mass is 35.5. The van der Waals surface area contributed by atoms with Crippen LogP contribution in [0.15, 0.2) is 42.5 Å². The fraction of sp³-hybridized carbons (Fsp3) is 0.235. The first-order chi connectivity index (χ1) is 11.1. The summed E-state index contributed by atoms with van der Waals surface area (Å²) in [6.45, 7) is 1.12. The molecule has 0 atom stereocenters. The van der Waals surface area contributed by atoms with Gasteiger partial charge in [-0.2, -0.15) is 0 Å². The van der Waals surface area contributed by atoms with Gasteiger partial charge in [-0.25, -0.2) is 4.39 Å². The second kappa shape index (κ2) is 8.50. The predicted octanol–water partition coefficient (Wildman–Crippen LogP) is 3.61. The number of carbonyl (C=O) groups is 1. The molecule has 2 aromatic carbocycles. The Morgan fingerprint density at radius 3 is 2.78 bits per heavy atom. The van der Waals surface area contributed by atoms with Gasteiger partial charge in [-0.05, 0) is 24.3 Å². The van der Waals surface area contributed by atoms with E-state index in [0.717, 1.165) is 11.3 Å². The maximum absolute atomic E-state index is 13.0. The normalized spacial score (nSPS) is 10.4. The van der Waals surface area contributed by atoms with Gasteiger partial charge in [0.05, 0.1) is 12.1 Å². The van der Waals surface area contributed by atoms with Gasteiger partial charge in [0, 0.05) is 30.8 Å². The molecular formula is C17H18ClFN2O2. The molecule has 0 aliphatic carbocycles. The lowest BCUT2D eigenvalue weighted by Crippen LogP contribution is -2.21. The van der Waals surface area contributed by atoms with Crippen LogP contribution in [0.2, 0.25) is 5.02 Å². The highest BCUT2D eigenvalue weighted by molar-refractivity contribution is 6.31. The summed E-state index contributed by atoms with van der Waals surface area (Å²) in [4.78, 5) is 11.8. The molecule has 2 aromatic rings. The zero-order valence-corrected chi connectivity index (χ0v) is 13.5. The number of rotatable bonds is 7. The van der Waals surface area contributed by atoms with E-state index in [1.165, 1.54) is 18.2 Å². The SMILES string of the molecule is COc1ccccc1CNCCC(=O)Nc1ccc(F)c(Cl)c1. The fourth-order valence-electron chi connectivity index (χ4n) is 2.07. The van der Waals surface area contributed by atoms with E-state index in [0.29, 0.717) is 25.2 Å². The lowest BCUT2D eigenvalue weighted by molar-refractivity contribution is -0.116. The molecule has 122 valence electrons. The summed E-state index contributed by atoms with van der Waals surface area (Å²) in [5, 5.41) is 5.85. The van der Waals surface area contributed by atoms with Gasteiger partial charge in [-0.1, -0.05) is 29.8 Å². The largest absolute Gasteiger partial charge is 0.496 e. The van der Waals surface area contributed by atoms with E-state index in [-0.39, 0.29) is 10.9 Å². The topological polar surface area (TPSA) is 50.4 Å². The van der Waals surface area contributed by atoms with Crippen LogP contribution >= 0.6 is 11.6 Å². The predicted molar refractivity (Wildman–Crippen MR) is 89.4 cm³/mol. The van der Waals surface area contributed by atoms with Gasteiger partial charge in [-0.3, -0.25) is 4.79 Å². The second-order valence-electron chi connectivity index (χ2n) is 4.92. The zero-order chi connectivity index (χ0) is 16.7. The monoisotopic (exact) mass is 336 g/mol. The summed E-state index contributed by atoms with van der Waals surface area (Å²) in [5.41, 5.74) is 1.51. The molecule has 0 fully saturated rings. The summed E-state index contributed by atoms with van der Waals surface area (Å²) in [5.74, 6) is 0.133. The van der Waals surface area contributed by atoms with Crippen molar-refractivity contribution >= 4 is 23.2 Å². The van der Waals surface area contributed by atoms with E-state index in [1.54, 1.807) is 7.11 Å². The molecular weight excluding hydrogens is 319 g/mol. The average Bonchev–Trinajstić information content (AvgIpc) is 2.55. The van der Waals surface area contributed by atoms with Crippen molar-refractivity contribution in [3.8, 4) is 5.75 Å². The van der Waals surface area contributed by atoms with Crippen molar-refractivity contribution in [2.24, 2.45) is 0 Å². The van der Waals surface area contributed by atoms with Crippen LogP contribution in [0.1, 0.15) is 12.0 Å². The van der Waals surface area contributed by atoms with Crippen LogP contribution in [-0.4, -0.2) is 19.6 Å². The van der Waals surface area contributed by atoms with Crippen LogP contribution < -0.4 is 15.4 Å². The minimum atomic E-state index is -0.511. The van der Waals surface area contributed by atoms with E-state index in [1.807, 2.05) is 24.3 Å². The molecule has 1 amide bonds. The Hall–Kier alpha value is -2.11. The maximum atomic E-state index is 13.0. The van der Waals surface area contributed by atoms with Crippen LogP contribution in [-0.2, 0) is 11.3 Å². The summed E-state index contributed by atoms with van der Waals surface area (Å²) in [6.07, 6.45) is 0.296. The Morgan fingerprint density at radius 2 is 2.04 bits per heavy atom. The van der Waals surface area contributed by atoms with Crippen LogP contribution in [0.25, 0.3) is 0 Å². The zero-order valence-electron chi connectivity index (χ0n) is 12.7. The maximum Gasteiger partial charge on any atom is 0.225 e. The fourth-order valence-corrected chi connectivity index (χ4v) is 2.25. The van der Waals surface area contributed by atoms with E-state index in [4.69, 9.17) is 16.3 Å². The van der Waals surface area contributed by atoms with Crippen molar-refractivity contribution in [1.82, 2.24) is 5.32 Å². The number of para-hydroxylation sites is 1. The number of benzene rings is 2. The number of anilines is 1. The Morgan fingerprint density at radius 1 is 1.26 bits per heavy atom. The molecule has 0 aliphatic rings. The van der Waals surface area contributed by atoms with Crippen LogP contribution in [0.5, 0.6) is 5.75 Å². The lowest BCUT2D eigenvalue weighted by Gasteiger charge is -2.10. The van der Waals surface area contributed by atoms with E-state index >= 15 is 0 Å². The molecule has 23 heavy (non-hydrogen) atoms. The molecule has 6 heteroatoms. The number of methoxy groups -OCH3 is 1. The van der Waals surface area contributed by atoms with Crippen LogP contribution in [0.3, 0.4) is 0 Å². The van der Waals surface area contributed by atoms with Crippen molar-refractivity contribution in [1.29, 1.82) is 0 Å². The summed E-state index contributed by atoms with van der Waals surface area (Å²) < 4.78 is 18.3. The Kier molecular flexibility index (Phi) is 6.38. The van der Waals surface area contributed by atoms with Gasteiger partial charge >= 0.3 is 0 Å². The van der Waals surface area contributed by atoms with E-state index in [9.17, 15) is 9.18 Å². The molecule has 2 N–H and O–H groups in total. The molecule has 0 saturated carbocycles. The molecule has 0 aliphatic heterocycles. The summed E-state index contributed by atoms with van der Waals surface area (Å²) in [6, 6.07) is 11.8. The van der Waals surface area contributed by atoms with Crippen molar-refractivity contribution in [2.45, 2.75) is 13.0 Å². The first-order valence-corrected chi connectivity index (χ1v) is 7.55. The molecule has 0 radical (unpaired) electrons. The number of amides is 1. The van der Waals surface area contributed by atoms with Crippen molar-refractivity contribution in [3.63, 3.8) is 0 Å². The smallest absolute Gasteiger partial charge is 0.225 e. The molecule has 0 unspecified atom stereocenters. The molecule has 2 rings (SSSR count). The summed E-state index contributed by atoms with van der Waals surface area (Å²) >= 11 is 5.67. The second-order valence-corrected chi connectivity index (χ2v) is 5.32. The third kappa shape index (κ3) is 5.23. The Balaban J connectivity index is 1.75. The van der Waals surface area contributed by atoms with Gasteiger partial charge in [0.25, 0.3) is 0 Å². The van der Waals surface area contributed by atoms with Gasteiger partial charge < -0.3 is 15.4 Å². The molecule has 4 nitrogen and oxygen atoms in total. The molecule has 0 bridgehead atoms. The van der Waals surface area contributed by atoms with E-state index < -0.39 is 5.82 Å². The first-order valence-electron chi connectivity index (χ1n) is 7.17. The number of hydrogen-bond donors (Lipinski definition) is 2. The number of halogens is 2. The highest BCUT2D eigenvalue weighted by Gasteiger charge is 2.06.